The molecule has 0 saturated carbocycles. The molecule has 1 aliphatic heterocycles. The molecule has 0 unspecified atom stereocenters. The van der Waals surface area contributed by atoms with Gasteiger partial charge in [0.1, 0.15) is 6.61 Å². The fourth-order valence-electron chi connectivity index (χ4n) is 1.08. The van der Waals surface area contributed by atoms with E-state index in [2.05, 4.69) is 11.2 Å². The van der Waals surface area contributed by atoms with Crippen molar-refractivity contribution in [2.75, 3.05) is 32.8 Å². The van der Waals surface area contributed by atoms with Crippen LogP contribution in [0.4, 0.5) is 0 Å². The summed E-state index contributed by atoms with van der Waals surface area (Å²) in [7, 11) is 0. The Kier molecular flexibility index (Phi) is 3.99. The number of rotatable bonds is 2. The maximum atomic E-state index is 5.27. The Hall–Kier alpha value is -0.560. The van der Waals surface area contributed by atoms with Crippen molar-refractivity contribution in [2.45, 2.75) is 6.42 Å². The Balaban J connectivity index is 2.15. The number of nitrogens with zero attached hydrogens (tertiary/aromatic N) is 1. The molecule has 0 radical (unpaired) electrons. The highest BCUT2D eigenvalue weighted by atomic mass is 16.7. The smallest absolute Gasteiger partial charge is 0.129 e. The van der Waals surface area contributed by atoms with Crippen molar-refractivity contribution in [1.29, 1.82) is 0 Å². The van der Waals surface area contributed by atoms with Crippen LogP contribution in [0.5, 0.6) is 0 Å². The molecule has 3 nitrogen and oxygen atoms in total. The first-order chi connectivity index (χ1) is 5.43. The van der Waals surface area contributed by atoms with E-state index < -0.39 is 0 Å². The predicted molar refractivity (Wildman–Crippen MR) is 43.8 cm³/mol. The topological polar surface area (TPSA) is 24.5 Å². The minimum Gasteiger partial charge on any atom is -0.315 e. The van der Waals surface area contributed by atoms with E-state index in [-0.39, 0.29) is 0 Å². The van der Waals surface area contributed by atoms with Crippen LogP contribution in [-0.4, -0.2) is 37.8 Å². The average Bonchev–Trinajstić information content (AvgIpc) is 2.28. The zero-order chi connectivity index (χ0) is 7.94. The standard InChI is InChI=1S/C8H14N2O/c1-2-8-11-10-6-3-4-9-5-7-10/h1,9H,3-8H2. The molecular formula is C8H14N2O. The van der Waals surface area contributed by atoms with Crippen molar-refractivity contribution in [1.82, 2.24) is 10.4 Å². The highest BCUT2D eigenvalue weighted by Crippen LogP contribution is 1.94. The summed E-state index contributed by atoms with van der Waals surface area (Å²) >= 11 is 0. The Morgan fingerprint density at radius 1 is 1.45 bits per heavy atom. The molecule has 0 aromatic heterocycles. The first kappa shape index (κ1) is 8.54. The van der Waals surface area contributed by atoms with Crippen molar-refractivity contribution in [3.8, 4) is 12.3 Å². The maximum Gasteiger partial charge on any atom is 0.129 e. The molecule has 0 aromatic carbocycles. The highest BCUT2D eigenvalue weighted by Gasteiger charge is 2.06. The van der Waals surface area contributed by atoms with Crippen molar-refractivity contribution >= 4 is 0 Å². The van der Waals surface area contributed by atoms with Crippen LogP contribution >= 0.6 is 0 Å². The third-order valence-electron chi connectivity index (χ3n) is 1.63. The molecule has 1 heterocycles. The summed E-state index contributed by atoms with van der Waals surface area (Å²) in [6.07, 6.45) is 6.20. The van der Waals surface area contributed by atoms with Crippen LogP contribution in [0.15, 0.2) is 0 Å². The van der Waals surface area contributed by atoms with Gasteiger partial charge in [-0.05, 0) is 13.0 Å². The first-order valence-corrected chi connectivity index (χ1v) is 3.95. The normalized spacial score (nSPS) is 20.6. The van der Waals surface area contributed by atoms with Gasteiger partial charge in [0.25, 0.3) is 0 Å². The average molecular weight is 154 g/mol. The van der Waals surface area contributed by atoms with Crippen LogP contribution in [0.2, 0.25) is 0 Å². The van der Waals surface area contributed by atoms with Crippen molar-refractivity contribution in [3.05, 3.63) is 0 Å². The van der Waals surface area contributed by atoms with Gasteiger partial charge >= 0.3 is 0 Å². The van der Waals surface area contributed by atoms with Gasteiger partial charge in [-0.3, -0.25) is 4.84 Å². The van der Waals surface area contributed by atoms with Crippen molar-refractivity contribution < 1.29 is 4.84 Å². The summed E-state index contributed by atoms with van der Waals surface area (Å²) in [4.78, 5) is 5.27. The number of terminal acetylenes is 1. The fourth-order valence-corrected chi connectivity index (χ4v) is 1.08. The van der Waals surface area contributed by atoms with Crippen LogP contribution < -0.4 is 5.32 Å². The molecule has 0 atom stereocenters. The van der Waals surface area contributed by atoms with E-state index >= 15 is 0 Å². The lowest BCUT2D eigenvalue weighted by Crippen LogP contribution is -2.28. The molecule has 0 aliphatic carbocycles. The van der Waals surface area contributed by atoms with E-state index in [9.17, 15) is 0 Å². The Morgan fingerprint density at radius 2 is 2.36 bits per heavy atom. The zero-order valence-electron chi connectivity index (χ0n) is 6.68. The number of hydrogen-bond acceptors (Lipinski definition) is 3. The lowest BCUT2D eigenvalue weighted by atomic mass is 10.4. The summed E-state index contributed by atoms with van der Waals surface area (Å²) in [5, 5.41) is 5.21. The quantitative estimate of drug-likeness (QED) is 0.560. The first-order valence-electron chi connectivity index (χ1n) is 3.95. The molecule has 1 fully saturated rings. The van der Waals surface area contributed by atoms with E-state index in [1.807, 2.05) is 5.06 Å². The summed E-state index contributed by atoms with van der Waals surface area (Å²) in [5.74, 6) is 2.45. The van der Waals surface area contributed by atoms with Gasteiger partial charge in [0.05, 0.1) is 0 Å². The minimum atomic E-state index is 0.389. The second kappa shape index (κ2) is 5.14. The maximum absolute atomic E-state index is 5.27. The molecular weight excluding hydrogens is 140 g/mol. The fraction of sp³-hybridized carbons (Fsp3) is 0.750. The van der Waals surface area contributed by atoms with Gasteiger partial charge in [0, 0.05) is 19.6 Å². The number of hydroxylamine groups is 2. The van der Waals surface area contributed by atoms with E-state index in [1.54, 1.807) is 0 Å². The van der Waals surface area contributed by atoms with Gasteiger partial charge < -0.3 is 5.32 Å². The van der Waals surface area contributed by atoms with Gasteiger partial charge in [-0.1, -0.05) is 5.92 Å². The monoisotopic (exact) mass is 154 g/mol. The Bertz CT molecular complexity index is 134. The SMILES string of the molecule is C#CCON1CCCNCC1. The summed E-state index contributed by atoms with van der Waals surface area (Å²) < 4.78 is 0. The third-order valence-corrected chi connectivity index (χ3v) is 1.63. The second-order valence-corrected chi connectivity index (χ2v) is 2.51. The highest BCUT2D eigenvalue weighted by molar-refractivity contribution is 4.82. The lowest BCUT2D eigenvalue weighted by Gasteiger charge is -2.16. The van der Waals surface area contributed by atoms with Crippen molar-refractivity contribution in [2.24, 2.45) is 0 Å². The van der Waals surface area contributed by atoms with Gasteiger partial charge in [0.15, 0.2) is 0 Å². The van der Waals surface area contributed by atoms with Gasteiger partial charge in [-0.25, -0.2) is 0 Å². The molecule has 1 aliphatic rings. The number of nitrogens with one attached hydrogen (secondary N) is 1. The third kappa shape index (κ3) is 3.38. The zero-order valence-corrected chi connectivity index (χ0v) is 6.68. The Morgan fingerprint density at radius 3 is 3.18 bits per heavy atom. The molecule has 62 valence electrons. The predicted octanol–water partition coefficient (Wildman–Crippen LogP) is -0.153. The van der Waals surface area contributed by atoms with Gasteiger partial charge in [0.2, 0.25) is 0 Å². The van der Waals surface area contributed by atoms with Crippen LogP contribution in [0, 0.1) is 12.3 Å². The van der Waals surface area contributed by atoms with Crippen LogP contribution in [0.3, 0.4) is 0 Å². The number of hydrogen-bond donors (Lipinski definition) is 1. The molecule has 1 rings (SSSR count). The summed E-state index contributed by atoms with van der Waals surface area (Å²) in [6, 6.07) is 0. The van der Waals surface area contributed by atoms with E-state index in [0.717, 1.165) is 32.6 Å². The second-order valence-electron chi connectivity index (χ2n) is 2.51. The van der Waals surface area contributed by atoms with E-state index in [4.69, 9.17) is 11.3 Å². The van der Waals surface area contributed by atoms with E-state index in [1.165, 1.54) is 0 Å². The molecule has 0 aromatic rings. The molecule has 11 heavy (non-hydrogen) atoms. The summed E-state index contributed by atoms with van der Waals surface area (Å²) in [6.45, 7) is 4.37. The molecule has 1 N–H and O–H groups in total. The van der Waals surface area contributed by atoms with Crippen LogP contribution in [0.1, 0.15) is 6.42 Å². The minimum absolute atomic E-state index is 0.389. The van der Waals surface area contributed by atoms with Crippen LogP contribution in [0.25, 0.3) is 0 Å². The lowest BCUT2D eigenvalue weighted by molar-refractivity contribution is -0.141. The molecule has 0 amide bonds. The molecule has 3 heteroatoms. The van der Waals surface area contributed by atoms with Crippen molar-refractivity contribution in [3.63, 3.8) is 0 Å². The largest absolute Gasteiger partial charge is 0.315 e. The van der Waals surface area contributed by atoms with Crippen LogP contribution in [-0.2, 0) is 4.84 Å². The summed E-state index contributed by atoms with van der Waals surface area (Å²) in [5.41, 5.74) is 0. The Labute approximate surface area is 67.7 Å². The van der Waals surface area contributed by atoms with Gasteiger partial charge in [-0.2, -0.15) is 5.06 Å². The van der Waals surface area contributed by atoms with Gasteiger partial charge in [-0.15, -0.1) is 6.42 Å². The molecule has 0 spiro atoms. The van der Waals surface area contributed by atoms with E-state index in [0.29, 0.717) is 6.61 Å². The molecule has 0 bridgehead atoms. The molecule has 1 saturated heterocycles.